The summed E-state index contributed by atoms with van der Waals surface area (Å²) in [5, 5.41) is 2.71. The van der Waals surface area contributed by atoms with Crippen LogP contribution in [0.2, 0.25) is 0 Å². The summed E-state index contributed by atoms with van der Waals surface area (Å²) in [6, 6.07) is 21.5. The molecule has 0 spiro atoms. The topological polar surface area (TPSA) is 9.23 Å². The van der Waals surface area contributed by atoms with Gasteiger partial charge in [-0.05, 0) is 21.7 Å². The molecular weight excluding hydrogens is 411 g/mol. The number of rotatable bonds is 6. The van der Waals surface area contributed by atoms with Crippen molar-refractivity contribution >= 4 is 42.0 Å². The Morgan fingerprint density at radius 3 is 1.70 bits per heavy atom. The van der Waals surface area contributed by atoms with Crippen LogP contribution in [0.5, 0.6) is 0 Å². The maximum absolute atomic E-state index is 6.87. The molecule has 1 unspecified atom stereocenters. The molecule has 0 aliphatic heterocycles. The van der Waals surface area contributed by atoms with E-state index in [1.165, 1.54) is 10.4 Å². The monoisotopic (exact) mass is 438 g/mol. The van der Waals surface area contributed by atoms with Gasteiger partial charge >= 0.3 is 0 Å². The Morgan fingerprint density at radius 2 is 1.35 bits per heavy atom. The molecule has 0 saturated carbocycles. The Balaban J connectivity index is 2.38. The zero-order valence-electron chi connectivity index (χ0n) is 14.5. The van der Waals surface area contributed by atoms with E-state index in [-0.39, 0.29) is 11.5 Å². The van der Waals surface area contributed by atoms with Crippen LogP contribution in [0.15, 0.2) is 60.7 Å². The summed E-state index contributed by atoms with van der Waals surface area (Å²) >= 11 is 2.48. The number of benzene rings is 2. The van der Waals surface area contributed by atoms with Crippen molar-refractivity contribution in [3.8, 4) is 0 Å². The van der Waals surface area contributed by atoms with Crippen LogP contribution in [0.25, 0.3) is 0 Å². The molecule has 2 atom stereocenters. The summed E-state index contributed by atoms with van der Waals surface area (Å²) in [4.78, 5) is 0. The Hall–Kier alpha value is -0.653. The zero-order valence-corrected chi connectivity index (χ0v) is 17.8. The first-order valence-electron chi connectivity index (χ1n) is 8.24. The second-order valence-corrected chi connectivity index (χ2v) is 10.5. The van der Waals surface area contributed by atoms with Gasteiger partial charge in [0.2, 0.25) is 9.04 Å². The molecule has 0 aliphatic rings. The molecule has 2 aromatic carbocycles. The third-order valence-electron chi connectivity index (χ3n) is 4.10. The highest BCUT2D eigenvalue weighted by Gasteiger charge is 2.33. The molecule has 1 nitrogen and oxygen atoms in total. The van der Waals surface area contributed by atoms with Crippen LogP contribution >= 0.6 is 22.6 Å². The fourth-order valence-electron chi connectivity index (χ4n) is 3.02. The van der Waals surface area contributed by atoms with Gasteiger partial charge in [0.25, 0.3) is 0 Å². The smallest absolute Gasteiger partial charge is 0.240 e. The maximum atomic E-state index is 6.87. The molecule has 2 rings (SSSR count). The lowest BCUT2D eigenvalue weighted by molar-refractivity contribution is 0.0516. The lowest BCUT2D eigenvalue weighted by Gasteiger charge is -2.38. The SMILES string of the molecule is CC(CI)[C@H](O[SiH](c1ccccc1)c1ccccc1)C(C)(C)C. The van der Waals surface area contributed by atoms with Crippen molar-refractivity contribution in [1.82, 2.24) is 0 Å². The average Bonchev–Trinajstić information content (AvgIpc) is 2.55. The molecule has 0 heterocycles. The van der Waals surface area contributed by atoms with Gasteiger partial charge in [-0.1, -0.05) is 111 Å². The van der Waals surface area contributed by atoms with Crippen molar-refractivity contribution < 1.29 is 4.43 Å². The van der Waals surface area contributed by atoms with Crippen LogP contribution in [0.3, 0.4) is 0 Å². The first-order valence-corrected chi connectivity index (χ1v) is 11.4. The van der Waals surface area contributed by atoms with E-state index in [2.05, 4.69) is 111 Å². The minimum atomic E-state index is -1.68. The molecule has 0 fully saturated rings. The van der Waals surface area contributed by atoms with Crippen molar-refractivity contribution in [2.45, 2.75) is 33.8 Å². The van der Waals surface area contributed by atoms with Gasteiger partial charge in [0, 0.05) is 4.43 Å². The standard InChI is InChI=1S/C20H27IOSi/c1-16(15-21)19(20(2,3)4)22-23(17-11-7-5-8-12-17)18-13-9-6-10-14-18/h5-14,16,19,23H,15H2,1-4H3/t16?,19-/m0/s1. The molecule has 0 aliphatic carbocycles. The fraction of sp³-hybridized carbons (Fsp3) is 0.400. The predicted molar refractivity (Wildman–Crippen MR) is 112 cm³/mol. The Labute approximate surface area is 156 Å². The van der Waals surface area contributed by atoms with Crippen molar-refractivity contribution in [2.75, 3.05) is 4.43 Å². The third-order valence-corrected chi connectivity index (χ3v) is 8.04. The predicted octanol–water partition coefficient (Wildman–Crippen LogP) is 4.03. The van der Waals surface area contributed by atoms with Crippen LogP contribution in [0.1, 0.15) is 27.7 Å². The molecule has 3 heteroatoms. The van der Waals surface area contributed by atoms with E-state index >= 15 is 0 Å². The van der Waals surface area contributed by atoms with Crippen molar-refractivity contribution in [1.29, 1.82) is 0 Å². The molecule has 0 bridgehead atoms. The molecule has 0 N–H and O–H groups in total. The minimum absolute atomic E-state index is 0.138. The van der Waals surface area contributed by atoms with E-state index in [4.69, 9.17) is 4.43 Å². The van der Waals surface area contributed by atoms with Gasteiger partial charge in [-0.2, -0.15) is 0 Å². The van der Waals surface area contributed by atoms with E-state index in [0.29, 0.717) is 5.92 Å². The van der Waals surface area contributed by atoms with Crippen LogP contribution < -0.4 is 10.4 Å². The second kappa shape index (κ2) is 8.45. The Bertz CT molecular complexity index is 540. The second-order valence-electron chi connectivity index (χ2n) is 7.26. The van der Waals surface area contributed by atoms with E-state index in [1.807, 2.05) is 0 Å². The highest BCUT2D eigenvalue weighted by Crippen LogP contribution is 2.30. The summed E-state index contributed by atoms with van der Waals surface area (Å²) < 4.78 is 7.99. The largest absolute Gasteiger partial charge is 0.407 e. The molecule has 23 heavy (non-hydrogen) atoms. The number of hydrogen-bond donors (Lipinski definition) is 0. The lowest BCUT2D eigenvalue weighted by Crippen LogP contribution is -2.51. The molecule has 0 saturated heterocycles. The van der Waals surface area contributed by atoms with E-state index in [0.717, 1.165) is 4.43 Å². The maximum Gasteiger partial charge on any atom is 0.240 e. The molecule has 0 radical (unpaired) electrons. The number of halogens is 1. The van der Waals surface area contributed by atoms with Crippen molar-refractivity contribution in [3.05, 3.63) is 60.7 Å². The summed E-state index contributed by atoms with van der Waals surface area (Å²) in [6.45, 7) is 9.19. The van der Waals surface area contributed by atoms with Crippen LogP contribution in [-0.4, -0.2) is 19.6 Å². The molecular formula is C20H27IOSi. The molecule has 0 amide bonds. The summed E-state index contributed by atoms with van der Waals surface area (Å²) in [7, 11) is -1.68. The van der Waals surface area contributed by atoms with Crippen LogP contribution in [-0.2, 0) is 4.43 Å². The van der Waals surface area contributed by atoms with Gasteiger partial charge in [0.05, 0.1) is 6.10 Å². The molecule has 2 aromatic rings. The van der Waals surface area contributed by atoms with E-state index in [1.54, 1.807) is 0 Å². The van der Waals surface area contributed by atoms with Gasteiger partial charge in [0.15, 0.2) is 0 Å². The van der Waals surface area contributed by atoms with Gasteiger partial charge in [0.1, 0.15) is 0 Å². The van der Waals surface area contributed by atoms with Gasteiger partial charge < -0.3 is 4.43 Å². The van der Waals surface area contributed by atoms with Crippen LogP contribution in [0.4, 0.5) is 0 Å². The Kier molecular flexibility index (Phi) is 6.86. The van der Waals surface area contributed by atoms with E-state index in [9.17, 15) is 0 Å². The van der Waals surface area contributed by atoms with Crippen molar-refractivity contribution in [3.63, 3.8) is 0 Å². The first-order chi connectivity index (χ1) is 10.9. The highest BCUT2D eigenvalue weighted by atomic mass is 127. The van der Waals surface area contributed by atoms with Crippen molar-refractivity contribution in [2.24, 2.45) is 11.3 Å². The number of hydrogen-bond acceptors (Lipinski definition) is 1. The quantitative estimate of drug-likeness (QED) is 0.376. The average molecular weight is 438 g/mol. The lowest BCUT2D eigenvalue weighted by atomic mass is 9.83. The summed E-state index contributed by atoms with van der Waals surface area (Å²) in [5.74, 6) is 0.540. The number of alkyl halides is 1. The Morgan fingerprint density at radius 1 is 0.913 bits per heavy atom. The van der Waals surface area contributed by atoms with Crippen LogP contribution in [0, 0.1) is 11.3 Å². The fourth-order valence-corrected chi connectivity index (χ4v) is 6.30. The summed E-state index contributed by atoms with van der Waals surface area (Å²) in [6.07, 6.45) is 0.261. The summed E-state index contributed by atoms with van der Waals surface area (Å²) in [5.41, 5.74) is 0.138. The first kappa shape index (κ1) is 18.7. The van der Waals surface area contributed by atoms with Gasteiger partial charge in [-0.25, -0.2) is 0 Å². The van der Waals surface area contributed by atoms with Gasteiger partial charge in [-0.15, -0.1) is 0 Å². The van der Waals surface area contributed by atoms with E-state index < -0.39 is 9.04 Å². The highest BCUT2D eigenvalue weighted by molar-refractivity contribution is 14.1. The zero-order chi connectivity index (χ0) is 16.9. The molecule has 0 aromatic heterocycles. The minimum Gasteiger partial charge on any atom is -0.407 e. The van der Waals surface area contributed by atoms with Gasteiger partial charge in [-0.3, -0.25) is 0 Å². The third kappa shape index (κ3) is 5.16. The normalized spacial score (nSPS) is 14.7. The molecule has 124 valence electrons.